The summed E-state index contributed by atoms with van der Waals surface area (Å²) in [5, 5.41) is 6.08. The van der Waals surface area contributed by atoms with Gasteiger partial charge in [-0.25, -0.2) is 4.68 Å². The molecule has 0 aliphatic rings. The molecule has 1 heterocycles. The molecule has 0 radical (unpaired) electrons. The zero-order valence-corrected chi connectivity index (χ0v) is 16.6. The molecule has 1 aromatic heterocycles. The lowest BCUT2D eigenvalue weighted by molar-refractivity contribution is 0.892. The van der Waals surface area contributed by atoms with Gasteiger partial charge in [-0.05, 0) is 38.1 Å². The Hall–Kier alpha value is -2.55. The number of hydrogen-bond acceptors (Lipinski definition) is 1. The van der Waals surface area contributed by atoms with Gasteiger partial charge in [0.2, 0.25) is 0 Å². The molecule has 4 rings (SSSR count). The van der Waals surface area contributed by atoms with E-state index in [-0.39, 0.29) is 0 Å². The van der Waals surface area contributed by atoms with Gasteiger partial charge in [-0.1, -0.05) is 82.9 Å². The average molecular weight is 393 g/mol. The summed E-state index contributed by atoms with van der Waals surface area (Å²) in [5.74, 6) is 0. The van der Waals surface area contributed by atoms with Crippen LogP contribution in [-0.4, -0.2) is 9.78 Å². The molecule has 0 N–H and O–H groups in total. The van der Waals surface area contributed by atoms with Gasteiger partial charge in [-0.3, -0.25) is 0 Å². The molecule has 0 aliphatic heterocycles. The molecule has 0 spiro atoms. The number of halogens is 2. The maximum Gasteiger partial charge on any atom is 0.0934 e. The summed E-state index contributed by atoms with van der Waals surface area (Å²) in [6.45, 7) is 4.15. The molecular formula is C23H18Cl2N2. The first-order valence-corrected chi connectivity index (χ1v) is 9.46. The van der Waals surface area contributed by atoms with Crippen LogP contribution in [0.2, 0.25) is 10.0 Å². The van der Waals surface area contributed by atoms with Crippen LogP contribution < -0.4 is 0 Å². The summed E-state index contributed by atoms with van der Waals surface area (Å²) in [4.78, 5) is 0. The van der Waals surface area contributed by atoms with Crippen molar-refractivity contribution in [3.05, 3.63) is 94.0 Å². The predicted octanol–water partition coefficient (Wildman–Crippen LogP) is 7.13. The van der Waals surface area contributed by atoms with E-state index in [1.54, 1.807) is 12.1 Å². The Morgan fingerprint density at radius 3 is 1.93 bits per heavy atom. The quantitative estimate of drug-likeness (QED) is 0.362. The molecule has 4 aromatic rings. The Morgan fingerprint density at radius 1 is 0.704 bits per heavy atom. The number of aryl methyl sites for hydroxylation is 2. The highest BCUT2D eigenvalue weighted by Crippen LogP contribution is 2.32. The van der Waals surface area contributed by atoms with Crippen LogP contribution >= 0.6 is 23.2 Å². The Bertz CT molecular complexity index is 1090. The van der Waals surface area contributed by atoms with Gasteiger partial charge in [0.05, 0.1) is 22.1 Å². The molecule has 4 heteroatoms. The molecule has 0 saturated carbocycles. The van der Waals surface area contributed by atoms with E-state index in [1.807, 2.05) is 10.7 Å². The van der Waals surface area contributed by atoms with Crippen LogP contribution in [-0.2, 0) is 0 Å². The standard InChI is InChI=1S/C23H18Cl2N2/c1-15-3-7-17(8-4-15)21-14-22(18-9-5-16(2)6-10-18)27(26-21)23-13-19(24)11-12-20(23)25/h3-14H,1-2H3. The van der Waals surface area contributed by atoms with Crippen LogP contribution in [0, 0.1) is 13.8 Å². The molecule has 0 amide bonds. The number of benzene rings is 3. The zero-order valence-electron chi connectivity index (χ0n) is 15.1. The maximum absolute atomic E-state index is 6.47. The van der Waals surface area contributed by atoms with Gasteiger partial charge in [0.15, 0.2) is 0 Å². The van der Waals surface area contributed by atoms with Crippen molar-refractivity contribution < 1.29 is 0 Å². The lowest BCUT2D eigenvalue weighted by Crippen LogP contribution is -2.00. The van der Waals surface area contributed by atoms with E-state index in [9.17, 15) is 0 Å². The van der Waals surface area contributed by atoms with Gasteiger partial charge in [-0.15, -0.1) is 0 Å². The normalized spacial score (nSPS) is 11.0. The lowest BCUT2D eigenvalue weighted by Gasteiger charge is -2.10. The van der Waals surface area contributed by atoms with Gasteiger partial charge in [0, 0.05) is 16.1 Å². The van der Waals surface area contributed by atoms with E-state index in [1.165, 1.54) is 11.1 Å². The van der Waals surface area contributed by atoms with Crippen LogP contribution in [0.1, 0.15) is 11.1 Å². The SMILES string of the molecule is Cc1ccc(-c2cc(-c3ccc(C)cc3)n(-c3cc(Cl)ccc3Cl)n2)cc1. The topological polar surface area (TPSA) is 17.8 Å². The Kier molecular flexibility index (Phi) is 4.77. The highest BCUT2D eigenvalue weighted by atomic mass is 35.5. The molecular weight excluding hydrogens is 375 g/mol. The number of aromatic nitrogens is 2. The van der Waals surface area contributed by atoms with Crippen LogP contribution in [0.4, 0.5) is 0 Å². The molecule has 134 valence electrons. The van der Waals surface area contributed by atoms with Gasteiger partial charge in [-0.2, -0.15) is 5.10 Å². The fraction of sp³-hybridized carbons (Fsp3) is 0.0870. The van der Waals surface area contributed by atoms with Crippen LogP contribution in [0.5, 0.6) is 0 Å². The Morgan fingerprint density at radius 2 is 1.30 bits per heavy atom. The monoisotopic (exact) mass is 392 g/mol. The third-order valence-electron chi connectivity index (χ3n) is 4.54. The molecule has 0 saturated heterocycles. The molecule has 0 fully saturated rings. The first kappa shape index (κ1) is 17.8. The third kappa shape index (κ3) is 3.64. The van der Waals surface area contributed by atoms with Crippen molar-refractivity contribution in [2.24, 2.45) is 0 Å². The highest BCUT2D eigenvalue weighted by molar-refractivity contribution is 6.34. The van der Waals surface area contributed by atoms with E-state index in [0.717, 1.165) is 28.2 Å². The van der Waals surface area contributed by atoms with Crippen LogP contribution in [0.15, 0.2) is 72.8 Å². The van der Waals surface area contributed by atoms with E-state index in [4.69, 9.17) is 28.3 Å². The first-order chi connectivity index (χ1) is 13.0. The minimum Gasteiger partial charge on any atom is -0.231 e. The van der Waals surface area contributed by atoms with Crippen molar-refractivity contribution in [2.45, 2.75) is 13.8 Å². The summed E-state index contributed by atoms with van der Waals surface area (Å²) in [5.41, 5.74) is 7.18. The third-order valence-corrected chi connectivity index (χ3v) is 5.10. The average Bonchev–Trinajstić information content (AvgIpc) is 3.10. The minimum atomic E-state index is 0.603. The molecule has 3 aromatic carbocycles. The molecule has 0 atom stereocenters. The molecule has 27 heavy (non-hydrogen) atoms. The molecule has 2 nitrogen and oxygen atoms in total. The summed E-state index contributed by atoms with van der Waals surface area (Å²) in [6.07, 6.45) is 0. The van der Waals surface area contributed by atoms with E-state index in [2.05, 4.69) is 68.4 Å². The van der Waals surface area contributed by atoms with Gasteiger partial charge >= 0.3 is 0 Å². The van der Waals surface area contributed by atoms with Gasteiger partial charge in [0.25, 0.3) is 0 Å². The smallest absolute Gasteiger partial charge is 0.0934 e. The van der Waals surface area contributed by atoms with Crippen molar-refractivity contribution in [3.8, 4) is 28.2 Å². The second kappa shape index (κ2) is 7.22. The summed E-state index contributed by atoms with van der Waals surface area (Å²) in [6, 6.07) is 24.2. The van der Waals surface area contributed by atoms with Gasteiger partial charge in [0.1, 0.15) is 0 Å². The second-order valence-corrected chi connectivity index (χ2v) is 7.50. The van der Waals surface area contributed by atoms with E-state index < -0.39 is 0 Å². The number of nitrogens with zero attached hydrogens (tertiary/aromatic N) is 2. The number of hydrogen-bond donors (Lipinski definition) is 0. The van der Waals surface area contributed by atoms with Crippen molar-refractivity contribution in [1.82, 2.24) is 9.78 Å². The number of rotatable bonds is 3. The molecule has 0 unspecified atom stereocenters. The lowest BCUT2D eigenvalue weighted by atomic mass is 10.1. The summed E-state index contributed by atoms with van der Waals surface area (Å²) in [7, 11) is 0. The Balaban J connectivity index is 1.93. The predicted molar refractivity (Wildman–Crippen MR) is 114 cm³/mol. The fourth-order valence-electron chi connectivity index (χ4n) is 3.01. The second-order valence-electron chi connectivity index (χ2n) is 6.65. The summed E-state index contributed by atoms with van der Waals surface area (Å²) < 4.78 is 1.87. The van der Waals surface area contributed by atoms with E-state index in [0.29, 0.717) is 10.0 Å². The minimum absolute atomic E-state index is 0.603. The van der Waals surface area contributed by atoms with Crippen molar-refractivity contribution >= 4 is 23.2 Å². The maximum atomic E-state index is 6.47. The van der Waals surface area contributed by atoms with Crippen LogP contribution in [0.25, 0.3) is 28.2 Å². The largest absolute Gasteiger partial charge is 0.231 e. The van der Waals surface area contributed by atoms with Gasteiger partial charge < -0.3 is 0 Å². The fourth-order valence-corrected chi connectivity index (χ4v) is 3.37. The zero-order chi connectivity index (χ0) is 19.0. The molecule has 0 bridgehead atoms. The van der Waals surface area contributed by atoms with Crippen molar-refractivity contribution in [3.63, 3.8) is 0 Å². The summed E-state index contributed by atoms with van der Waals surface area (Å²) >= 11 is 12.7. The van der Waals surface area contributed by atoms with Crippen LogP contribution in [0.3, 0.4) is 0 Å². The van der Waals surface area contributed by atoms with Crippen molar-refractivity contribution in [1.29, 1.82) is 0 Å². The highest BCUT2D eigenvalue weighted by Gasteiger charge is 2.15. The van der Waals surface area contributed by atoms with Crippen molar-refractivity contribution in [2.75, 3.05) is 0 Å². The first-order valence-electron chi connectivity index (χ1n) is 8.71. The molecule has 0 aliphatic carbocycles. The van der Waals surface area contributed by atoms with E-state index >= 15 is 0 Å². The Labute approximate surface area is 169 Å².